The summed E-state index contributed by atoms with van der Waals surface area (Å²) in [5.41, 5.74) is 0.855. The molecule has 3 fully saturated rings. The molecule has 3 aromatic carbocycles. The van der Waals surface area contributed by atoms with Gasteiger partial charge in [-0.05, 0) is 41.8 Å². The lowest BCUT2D eigenvalue weighted by atomic mass is 9.70. The fourth-order valence-electron chi connectivity index (χ4n) is 6.68. The van der Waals surface area contributed by atoms with Crippen LogP contribution >= 0.6 is 27.5 Å². The van der Waals surface area contributed by atoms with E-state index in [-0.39, 0.29) is 16.6 Å². The third-order valence-corrected chi connectivity index (χ3v) is 9.49. The lowest BCUT2D eigenvalue weighted by Gasteiger charge is -2.37. The van der Waals surface area contributed by atoms with Gasteiger partial charge in [0.25, 0.3) is 0 Å². The summed E-state index contributed by atoms with van der Waals surface area (Å²) in [6, 6.07) is 23.4. The molecule has 6 rings (SSSR count). The van der Waals surface area contributed by atoms with Crippen LogP contribution in [0.4, 0.5) is 5.69 Å². The van der Waals surface area contributed by atoms with Crippen LogP contribution in [-0.2, 0) is 25.7 Å². The summed E-state index contributed by atoms with van der Waals surface area (Å²) in [6.07, 6.45) is -0.226. The first-order valence-electron chi connectivity index (χ1n) is 13.5. The zero-order valence-electron chi connectivity index (χ0n) is 22.0. The SMILES string of the molecule is O=C(Nc1ccc(Cl)cc1)C1N([C@H](CO)c2ccccc2)C(=O)[C@@H]2[C@H](C(=O)NCc3ccccc3)[C@H]3OC12CC3Br. The zero-order valence-corrected chi connectivity index (χ0v) is 24.3. The van der Waals surface area contributed by atoms with Crippen LogP contribution in [0, 0.1) is 11.8 Å². The molecule has 3 N–H and O–H groups in total. The number of nitrogens with one attached hydrogen (secondary N) is 2. The zero-order chi connectivity index (χ0) is 28.7. The number of anilines is 1. The average molecular weight is 639 g/mol. The lowest BCUT2D eigenvalue weighted by Crippen LogP contribution is -2.55. The van der Waals surface area contributed by atoms with Gasteiger partial charge < -0.3 is 25.4 Å². The van der Waals surface area contributed by atoms with Gasteiger partial charge in [-0.15, -0.1) is 0 Å². The van der Waals surface area contributed by atoms with E-state index in [0.717, 1.165) is 5.56 Å². The number of likely N-dealkylation sites (tertiary alicyclic amines) is 1. The molecule has 1 spiro atoms. The molecular formula is C31H29BrClN3O5. The largest absolute Gasteiger partial charge is 0.394 e. The maximum Gasteiger partial charge on any atom is 0.250 e. The van der Waals surface area contributed by atoms with E-state index in [4.69, 9.17) is 16.3 Å². The first-order chi connectivity index (χ1) is 19.8. The fraction of sp³-hybridized carbons (Fsp3) is 0.323. The van der Waals surface area contributed by atoms with Gasteiger partial charge in [-0.2, -0.15) is 0 Å². The Hall–Kier alpha value is -3.24. The van der Waals surface area contributed by atoms with E-state index in [0.29, 0.717) is 29.2 Å². The molecular weight excluding hydrogens is 610 g/mol. The molecule has 3 aliphatic rings. The molecule has 212 valence electrons. The van der Waals surface area contributed by atoms with Crippen LogP contribution in [-0.4, -0.2) is 56.9 Å². The molecule has 0 aliphatic carbocycles. The van der Waals surface area contributed by atoms with Gasteiger partial charge in [0.2, 0.25) is 17.7 Å². The van der Waals surface area contributed by atoms with Crippen molar-refractivity contribution in [3.8, 4) is 0 Å². The minimum Gasteiger partial charge on any atom is -0.394 e. The quantitative estimate of drug-likeness (QED) is 0.323. The number of aliphatic hydroxyl groups is 1. The number of amides is 3. The fourth-order valence-corrected chi connectivity index (χ4v) is 7.75. The van der Waals surface area contributed by atoms with Gasteiger partial charge in [0, 0.05) is 22.1 Å². The highest BCUT2D eigenvalue weighted by Crippen LogP contribution is 2.61. The normalized spacial score (nSPS) is 28.8. The number of carbonyl (C=O) groups is 3. The maximum atomic E-state index is 14.4. The van der Waals surface area contributed by atoms with E-state index in [1.165, 1.54) is 4.90 Å². The third-order valence-electron chi connectivity index (χ3n) is 8.39. The van der Waals surface area contributed by atoms with E-state index in [1.54, 1.807) is 24.3 Å². The van der Waals surface area contributed by atoms with Crippen LogP contribution in [0.25, 0.3) is 0 Å². The monoisotopic (exact) mass is 637 g/mol. The Morgan fingerprint density at radius 3 is 2.34 bits per heavy atom. The number of hydrogen-bond donors (Lipinski definition) is 3. The smallest absolute Gasteiger partial charge is 0.250 e. The van der Waals surface area contributed by atoms with E-state index in [2.05, 4.69) is 26.6 Å². The lowest BCUT2D eigenvalue weighted by molar-refractivity contribution is -0.144. The van der Waals surface area contributed by atoms with Crippen LogP contribution in [0.15, 0.2) is 84.9 Å². The molecule has 41 heavy (non-hydrogen) atoms. The molecule has 3 unspecified atom stereocenters. The maximum absolute atomic E-state index is 14.4. The number of halogens is 2. The molecule has 0 aromatic heterocycles. The van der Waals surface area contributed by atoms with Crippen molar-refractivity contribution in [1.82, 2.24) is 10.2 Å². The number of carbonyl (C=O) groups excluding carboxylic acids is 3. The number of alkyl halides is 1. The Morgan fingerprint density at radius 1 is 1.02 bits per heavy atom. The van der Waals surface area contributed by atoms with E-state index in [1.807, 2.05) is 60.7 Å². The van der Waals surface area contributed by atoms with Crippen LogP contribution in [0.1, 0.15) is 23.6 Å². The second-order valence-corrected chi connectivity index (χ2v) is 12.3. The number of nitrogens with zero attached hydrogens (tertiary/aromatic N) is 1. The van der Waals surface area contributed by atoms with Crippen molar-refractivity contribution < 1.29 is 24.2 Å². The minimum atomic E-state index is -1.26. The van der Waals surface area contributed by atoms with Crippen LogP contribution < -0.4 is 10.6 Å². The number of aliphatic hydroxyl groups excluding tert-OH is 1. The average Bonchev–Trinajstić information content (AvgIpc) is 3.58. The predicted molar refractivity (Wildman–Crippen MR) is 157 cm³/mol. The Bertz CT molecular complexity index is 1440. The Labute approximate surface area is 251 Å². The molecule has 10 heteroatoms. The summed E-state index contributed by atoms with van der Waals surface area (Å²) in [5, 5.41) is 17.0. The molecule has 3 heterocycles. The number of hydrogen-bond acceptors (Lipinski definition) is 5. The Balaban J connectivity index is 1.38. The summed E-state index contributed by atoms with van der Waals surface area (Å²) in [6.45, 7) is -0.105. The highest BCUT2D eigenvalue weighted by Gasteiger charge is 2.77. The van der Waals surface area contributed by atoms with Crippen molar-refractivity contribution in [1.29, 1.82) is 0 Å². The third kappa shape index (κ3) is 4.84. The van der Waals surface area contributed by atoms with Gasteiger partial charge >= 0.3 is 0 Å². The predicted octanol–water partition coefficient (Wildman–Crippen LogP) is 4.08. The van der Waals surface area contributed by atoms with Crippen LogP contribution in [0.3, 0.4) is 0 Å². The van der Waals surface area contributed by atoms with E-state index < -0.39 is 48.1 Å². The van der Waals surface area contributed by atoms with Crippen molar-refractivity contribution in [3.63, 3.8) is 0 Å². The molecule has 3 aliphatic heterocycles. The first kappa shape index (κ1) is 27.9. The van der Waals surface area contributed by atoms with Crippen molar-refractivity contribution in [2.24, 2.45) is 11.8 Å². The van der Waals surface area contributed by atoms with Gasteiger partial charge in [-0.25, -0.2) is 0 Å². The molecule has 3 saturated heterocycles. The molecule has 7 atom stereocenters. The van der Waals surface area contributed by atoms with Crippen molar-refractivity contribution in [2.75, 3.05) is 11.9 Å². The summed E-state index contributed by atoms with van der Waals surface area (Å²) >= 11 is 9.73. The summed E-state index contributed by atoms with van der Waals surface area (Å²) < 4.78 is 6.57. The van der Waals surface area contributed by atoms with Crippen LogP contribution in [0.5, 0.6) is 0 Å². The molecule has 0 radical (unpaired) electrons. The summed E-state index contributed by atoms with van der Waals surface area (Å²) in [5.74, 6) is -2.84. The van der Waals surface area contributed by atoms with Gasteiger partial charge in [0.05, 0.1) is 30.6 Å². The van der Waals surface area contributed by atoms with E-state index >= 15 is 0 Å². The number of fused-ring (bicyclic) bond motifs is 1. The van der Waals surface area contributed by atoms with Gasteiger partial charge in [-0.3, -0.25) is 14.4 Å². The topological polar surface area (TPSA) is 108 Å². The molecule has 8 nitrogen and oxygen atoms in total. The number of benzene rings is 3. The highest BCUT2D eigenvalue weighted by atomic mass is 79.9. The molecule has 3 amide bonds. The van der Waals surface area contributed by atoms with Crippen LogP contribution in [0.2, 0.25) is 5.02 Å². The summed E-state index contributed by atoms with van der Waals surface area (Å²) in [7, 11) is 0. The number of ether oxygens (including phenoxy) is 1. The number of rotatable bonds is 8. The standard InChI is InChI=1S/C31H29BrClN3O5/c32-22-15-31-25(24(26(22)41-31)28(38)34-16-18-7-3-1-4-8-18)30(40)36(23(17-37)19-9-5-2-6-10-19)27(31)29(39)35-21-13-11-20(33)12-14-21/h1-14,22-27,37H,15-17H2,(H,34,38)(H,35,39)/t22?,23-,24+,25+,26+,27?,31?/m1/s1. The van der Waals surface area contributed by atoms with Crippen molar-refractivity contribution in [2.45, 2.75) is 41.6 Å². The molecule has 3 aromatic rings. The molecule has 2 bridgehead atoms. The van der Waals surface area contributed by atoms with Crippen molar-refractivity contribution >= 4 is 50.9 Å². The summed E-state index contributed by atoms with van der Waals surface area (Å²) in [4.78, 5) is 43.4. The second-order valence-electron chi connectivity index (χ2n) is 10.7. The Kier molecular flexibility index (Phi) is 7.63. The highest BCUT2D eigenvalue weighted by molar-refractivity contribution is 9.09. The van der Waals surface area contributed by atoms with Crippen molar-refractivity contribution in [3.05, 3.63) is 101 Å². The molecule has 0 saturated carbocycles. The van der Waals surface area contributed by atoms with Gasteiger partial charge in [0.15, 0.2) is 0 Å². The van der Waals surface area contributed by atoms with Gasteiger partial charge in [0.1, 0.15) is 11.6 Å². The Morgan fingerprint density at radius 2 is 1.68 bits per heavy atom. The van der Waals surface area contributed by atoms with E-state index in [9.17, 15) is 19.5 Å². The minimum absolute atomic E-state index is 0.242. The van der Waals surface area contributed by atoms with Gasteiger partial charge in [-0.1, -0.05) is 88.2 Å². The second kappa shape index (κ2) is 11.2. The first-order valence-corrected chi connectivity index (χ1v) is 14.8.